The monoisotopic (exact) mass is 315 g/mol. The first-order chi connectivity index (χ1) is 11.0. The molecular weight excluding hydrogens is 294 g/mol. The minimum absolute atomic E-state index is 0.116. The quantitative estimate of drug-likeness (QED) is 0.802. The molecule has 0 aromatic heterocycles. The SMILES string of the molecule is CC(=O)N1C(=O)[C@H](C)[C@H]2C(C(=O)OCc3ccccc3)CC[C@@H]21. The second kappa shape index (κ2) is 6.14. The third kappa shape index (κ3) is 2.76. The molecule has 4 atom stereocenters. The summed E-state index contributed by atoms with van der Waals surface area (Å²) < 4.78 is 5.45. The lowest BCUT2D eigenvalue weighted by atomic mass is 9.86. The van der Waals surface area contributed by atoms with Crippen LogP contribution in [-0.4, -0.2) is 28.7 Å². The van der Waals surface area contributed by atoms with E-state index in [1.54, 1.807) is 0 Å². The number of esters is 1. The van der Waals surface area contributed by atoms with Gasteiger partial charge in [0.15, 0.2) is 0 Å². The smallest absolute Gasteiger partial charge is 0.309 e. The van der Waals surface area contributed by atoms with Gasteiger partial charge in [0.05, 0.1) is 5.92 Å². The van der Waals surface area contributed by atoms with Crippen LogP contribution in [0.2, 0.25) is 0 Å². The van der Waals surface area contributed by atoms with Gasteiger partial charge in [0.25, 0.3) is 0 Å². The molecule has 0 N–H and O–H groups in total. The first-order valence-electron chi connectivity index (χ1n) is 8.05. The van der Waals surface area contributed by atoms with Gasteiger partial charge in [0, 0.05) is 24.8 Å². The summed E-state index contributed by atoms with van der Waals surface area (Å²) in [6, 6.07) is 9.38. The third-order valence-corrected chi connectivity index (χ3v) is 5.08. The molecule has 2 fully saturated rings. The van der Waals surface area contributed by atoms with Gasteiger partial charge in [-0.3, -0.25) is 19.3 Å². The number of hydrogen-bond acceptors (Lipinski definition) is 4. The number of carbonyl (C=O) groups is 3. The summed E-state index contributed by atoms with van der Waals surface area (Å²) >= 11 is 0. The first kappa shape index (κ1) is 15.7. The second-order valence-electron chi connectivity index (χ2n) is 6.44. The number of rotatable bonds is 3. The van der Waals surface area contributed by atoms with Crippen LogP contribution < -0.4 is 0 Å². The molecule has 1 aromatic carbocycles. The highest BCUT2D eigenvalue weighted by Gasteiger charge is 2.55. The van der Waals surface area contributed by atoms with Gasteiger partial charge in [-0.2, -0.15) is 0 Å². The summed E-state index contributed by atoms with van der Waals surface area (Å²) in [5, 5.41) is 0. The van der Waals surface area contributed by atoms with Crippen molar-refractivity contribution >= 4 is 17.8 Å². The zero-order valence-corrected chi connectivity index (χ0v) is 13.4. The third-order valence-electron chi connectivity index (χ3n) is 5.08. The Balaban J connectivity index is 1.68. The topological polar surface area (TPSA) is 63.7 Å². The predicted octanol–water partition coefficient (Wildman–Crippen LogP) is 2.15. The largest absolute Gasteiger partial charge is 0.461 e. The van der Waals surface area contributed by atoms with Gasteiger partial charge in [0.2, 0.25) is 11.8 Å². The van der Waals surface area contributed by atoms with Crippen LogP contribution in [0.25, 0.3) is 0 Å². The predicted molar refractivity (Wildman–Crippen MR) is 82.9 cm³/mol. The highest BCUT2D eigenvalue weighted by molar-refractivity contribution is 5.98. The van der Waals surface area contributed by atoms with Crippen molar-refractivity contribution in [3.05, 3.63) is 35.9 Å². The molecule has 0 spiro atoms. The molecule has 1 heterocycles. The van der Waals surface area contributed by atoms with Crippen molar-refractivity contribution in [2.75, 3.05) is 0 Å². The molecule has 1 aromatic rings. The Morgan fingerprint density at radius 1 is 1.22 bits per heavy atom. The van der Waals surface area contributed by atoms with E-state index < -0.39 is 0 Å². The molecular formula is C18H21NO4. The van der Waals surface area contributed by atoms with Crippen LogP contribution in [0.1, 0.15) is 32.3 Å². The molecule has 0 bridgehead atoms. The number of imide groups is 1. The molecule has 1 unspecified atom stereocenters. The number of likely N-dealkylation sites (tertiary alicyclic amines) is 1. The number of amides is 2. The van der Waals surface area contributed by atoms with Gasteiger partial charge in [-0.15, -0.1) is 0 Å². The van der Waals surface area contributed by atoms with Crippen LogP contribution >= 0.6 is 0 Å². The van der Waals surface area contributed by atoms with E-state index in [1.807, 2.05) is 37.3 Å². The maximum Gasteiger partial charge on any atom is 0.309 e. The van der Waals surface area contributed by atoms with Crippen molar-refractivity contribution in [3.63, 3.8) is 0 Å². The van der Waals surface area contributed by atoms with Gasteiger partial charge in [-0.1, -0.05) is 37.3 Å². The minimum Gasteiger partial charge on any atom is -0.461 e. The number of ether oxygens (including phenoxy) is 1. The number of fused-ring (bicyclic) bond motifs is 1. The van der Waals surface area contributed by atoms with Gasteiger partial charge in [-0.05, 0) is 18.4 Å². The maximum atomic E-state index is 12.5. The Hall–Kier alpha value is -2.17. The molecule has 122 valence electrons. The van der Waals surface area contributed by atoms with Crippen LogP contribution in [0.4, 0.5) is 0 Å². The lowest BCUT2D eigenvalue weighted by molar-refractivity contribution is -0.151. The minimum atomic E-state index is -0.305. The maximum absolute atomic E-state index is 12.5. The van der Waals surface area contributed by atoms with E-state index >= 15 is 0 Å². The molecule has 5 nitrogen and oxygen atoms in total. The fourth-order valence-corrected chi connectivity index (χ4v) is 4.03. The normalized spacial score (nSPS) is 29.5. The summed E-state index contributed by atoms with van der Waals surface area (Å²) in [7, 11) is 0. The summed E-state index contributed by atoms with van der Waals surface area (Å²) in [6.45, 7) is 3.46. The van der Waals surface area contributed by atoms with Crippen molar-refractivity contribution in [3.8, 4) is 0 Å². The van der Waals surface area contributed by atoms with Crippen molar-refractivity contribution in [2.24, 2.45) is 17.8 Å². The van der Waals surface area contributed by atoms with Crippen molar-refractivity contribution in [1.29, 1.82) is 0 Å². The number of benzene rings is 1. The molecule has 1 saturated heterocycles. The zero-order chi connectivity index (χ0) is 16.6. The van der Waals surface area contributed by atoms with E-state index in [9.17, 15) is 14.4 Å². The summed E-state index contributed by atoms with van der Waals surface area (Å²) in [5.41, 5.74) is 0.941. The molecule has 23 heavy (non-hydrogen) atoms. The van der Waals surface area contributed by atoms with Crippen LogP contribution in [-0.2, 0) is 25.7 Å². The van der Waals surface area contributed by atoms with Gasteiger partial charge < -0.3 is 4.74 Å². The average molecular weight is 315 g/mol. The van der Waals surface area contributed by atoms with Gasteiger partial charge in [-0.25, -0.2) is 0 Å². The summed E-state index contributed by atoms with van der Waals surface area (Å²) in [5.74, 6) is -1.37. The molecule has 1 aliphatic heterocycles. The molecule has 2 aliphatic rings. The van der Waals surface area contributed by atoms with Crippen molar-refractivity contribution in [2.45, 2.75) is 39.3 Å². The van der Waals surface area contributed by atoms with Gasteiger partial charge >= 0.3 is 5.97 Å². The Morgan fingerprint density at radius 3 is 2.57 bits per heavy atom. The van der Waals surface area contributed by atoms with E-state index in [1.165, 1.54) is 11.8 Å². The van der Waals surface area contributed by atoms with Crippen LogP contribution in [0.3, 0.4) is 0 Å². The summed E-state index contributed by atoms with van der Waals surface area (Å²) in [4.78, 5) is 37.8. The van der Waals surface area contributed by atoms with Gasteiger partial charge in [0.1, 0.15) is 6.61 Å². The van der Waals surface area contributed by atoms with E-state index in [-0.39, 0.29) is 48.2 Å². The van der Waals surface area contributed by atoms with E-state index in [0.717, 1.165) is 5.56 Å². The van der Waals surface area contributed by atoms with E-state index in [2.05, 4.69) is 0 Å². The Bertz CT molecular complexity index is 627. The van der Waals surface area contributed by atoms with Crippen LogP contribution in [0.5, 0.6) is 0 Å². The molecule has 1 aliphatic carbocycles. The second-order valence-corrected chi connectivity index (χ2v) is 6.44. The van der Waals surface area contributed by atoms with Crippen LogP contribution in [0.15, 0.2) is 30.3 Å². The molecule has 2 amide bonds. The number of hydrogen-bond donors (Lipinski definition) is 0. The van der Waals surface area contributed by atoms with E-state index in [0.29, 0.717) is 12.8 Å². The fourth-order valence-electron chi connectivity index (χ4n) is 4.03. The standard InChI is InChI=1S/C18H21NO4/c1-11-16-14(8-9-15(16)19(12(2)20)17(11)21)18(22)23-10-13-6-4-3-5-7-13/h3-7,11,14-16H,8-10H2,1-2H3/t11-,14?,15+,16+/m1/s1. The Morgan fingerprint density at radius 2 is 1.91 bits per heavy atom. The van der Waals surface area contributed by atoms with Crippen molar-refractivity contribution < 1.29 is 19.1 Å². The Kier molecular flexibility index (Phi) is 4.20. The average Bonchev–Trinajstić information content (AvgIpc) is 3.06. The molecule has 3 rings (SSSR count). The fraction of sp³-hybridized carbons (Fsp3) is 0.500. The lowest BCUT2D eigenvalue weighted by Crippen LogP contribution is -2.37. The zero-order valence-electron chi connectivity index (χ0n) is 13.4. The highest BCUT2D eigenvalue weighted by atomic mass is 16.5. The van der Waals surface area contributed by atoms with Crippen LogP contribution in [0, 0.1) is 17.8 Å². The molecule has 5 heteroatoms. The number of nitrogens with zero attached hydrogens (tertiary/aromatic N) is 1. The van der Waals surface area contributed by atoms with E-state index in [4.69, 9.17) is 4.74 Å². The summed E-state index contributed by atoms with van der Waals surface area (Å²) in [6.07, 6.45) is 1.36. The Labute approximate surface area is 135 Å². The molecule has 0 radical (unpaired) electrons. The first-order valence-corrected chi connectivity index (χ1v) is 8.05. The van der Waals surface area contributed by atoms with Crippen molar-refractivity contribution in [1.82, 2.24) is 4.90 Å². The highest BCUT2D eigenvalue weighted by Crippen LogP contribution is 2.46. The molecule has 1 saturated carbocycles. The number of carbonyl (C=O) groups excluding carboxylic acids is 3. The lowest BCUT2D eigenvalue weighted by Gasteiger charge is -2.21.